The van der Waals surface area contributed by atoms with Crippen LogP contribution in [0.1, 0.15) is 45.4 Å². The normalized spacial score (nSPS) is 13.9. The Morgan fingerprint density at radius 2 is 1.02 bits per heavy atom. The summed E-state index contributed by atoms with van der Waals surface area (Å²) in [6, 6.07) is 18.3. The van der Waals surface area contributed by atoms with Gasteiger partial charge in [-0.05, 0) is 65.3 Å². The van der Waals surface area contributed by atoms with Gasteiger partial charge in [0, 0.05) is 14.7 Å². The van der Waals surface area contributed by atoms with Gasteiger partial charge in [-0.3, -0.25) is 0 Å². The van der Waals surface area contributed by atoms with E-state index < -0.39 is 43.7 Å². The first-order valence-electron chi connectivity index (χ1n) is 13.8. The van der Waals surface area contributed by atoms with Crippen LogP contribution in [0.25, 0.3) is 0 Å². The number of halogens is 9. The van der Waals surface area contributed by atoms with E-state index in [9.17, 15) is 47.9 Å². The third kappa shape index (κ3) is 7.40. The Balaban J connectivity index is 2.11. The van der Waals surface area contributed by atoms with Crippen molar-refractivity contribution in [2.24, 2.45) is 0 Å². The number of unbranched alkanes of at least 4 members (excludes halogenated alkanes) is 5. The molecule has 0 bridgehead atoms. The lowest BCUT2D eigenvalue weighted by Gasteiger charge is -2.41. The Hall–Kier alpha value is -2.91. The van der Waals surface area contributed by atoms with Crippen LogP contribution in [0.15, 0.2) is 99.6 Å². The average molecular weight is 691 g/mol. The summed E-state index contributed by atoms with van der Waals surface area (Å²) in [4.78, 5) is -0.512. The molecule has 3 rings (SSSR count). The molecule has 3 aromatic rings. The molecule has 250 valence electrons. The molecule has 0 amide bonds. The molecule has 0 N–H and O–H groups in total. The van der Waals surface area contributed by atoms with Crippen LogP contribution in [0, 0.1) is 0 Å². The second kappa shape index (κ2) is 14.2. The van der Waals surface area contributed by atoms with Gasteiger partial charge < -0.3 is 4.74 Å². The van der Waals surface area contributed by atoms with Gasteiger partial charge in [0.05, 0.1) is 6.61 Å². The van der Waals surface area contributed by atoms with Crippen LogP contribution in [0.5, 0.6) is 5.75 Å². The third-order valence-electron chi connectivity index (χ3n) is 6.69. The van der Waals surface area contributed by atoms with E-state index in [1.54, 1.807) is 0 Å². The Labute approximate surface area is 257 Å². The lowest BCUT2D eigenvalue weighted by molar-refractivity contribution is -0.382. The highest BCUT2D eigenvalue weighted by molar-refractivity contribution is 8.33. The first-order chi connectivity index (χ1) is 21.0. The van der Waals surface area contributed by atoms with E-state index in [1.807, 2.05) is 0 Å². The highest BCUT2D eigenvalue weighted by Crippen LogP contribution is 2.71. The van der Waals surface area contributed by atoms with Gasteiger partial charge in [0.15, 0.2) is 0 Å². The van der Waals surface area contributed by atoms with Crippen molar-refractivity contribution in [3.8, 4) is 5.75 Å². The summed E-state index contributed by atoms with van der Waals surface area (Å²) < 4.78 is 161. The largest absolute Gasteiger partial charge is 0.494 e. The molecule has 0 aliphatic heterocycles. The Morgan fingerprint density at radius 1 is 0.578 bits per heavy atom. The van der Waals surface area contributed by atoms with Crippen molar-refractivity contribution in [3.05, 3.63) is 84.9 Å². The molecule has 0 atom stereocenters. The smallest absolute Gasteiger partial charge is 0.460 e. The Morgan fingerprint density at radius 3 is 1.49 bits per heavy atom. The van der Waals surface area contributed by atoms with Gasteiger partial charge in [-0.1, -0.05) is 75.4 Å². The van der Waals surface area contributed by atoms with Crippen LogP contribution in [0.3, 0.4) is 0 Å². The number of benzene rings is 3. The quantitative estimate of drug-likeness (QED) is 0.111. The molecule has 0 saturated carbocycles. The van der Waals surface area contributed by atoms with E-state index in [0.717, 1.165) is 38.5 Å². The van der Waals surface area contributed by atoms with Crippen LogP contribution >= 0.6 is 10.3 Å². The molecule has 15 heteroatoms. The SMILES string of the molecule is CCCCCCCCOc1ccc(S(OS(=O)(=O)C(F)(F)C(F)(F)C(F)(F)C(F)(F)F)(c2ccccc2)c2ccccc2)cc1. The molecule has 0 aliphatic carbocycles. The first-order valence-corrected chi connectivity index (χ1v) is 16.7. The maximum Gasteiger partial charge on any atom is 0.460 e. The van der Waals surface area contributed by atoms with Gasteiger partial charge in [0.25, 0.3) is 0 Å². The molecule has 0 unspecified atom stereocenters. The van der Waals surface area contributed by atoms with Crippen LogP contribution in [0.4, 0.5) is 39.5 Å². The first kappa shape index (κ1) is 36.6. The zero-order valence-corrected chi connectivity index (χ0v) is 25.5. The van der Waals surface area contributed by atoms with Crippen molar-refractivity contribution < 1.29 is 56.3 Å². The fraction of sp³-hybridized carbons (Fsp3) is 0.400. The second-order valence-electron chi connectivity index (χ2n) is 9.96. The van der Waals surface area contributed by atoms with E-state index in [-0.39, 0.29) is 20.4 Å². The molecule has 45 heavy (non-hydrogen) atoms. The minimum Gasteiger partial charge on any atom is -0.494 e. The van der Waals surface area contributed by atoms with E-state index >= 15 is 0 Å². The molecule has 0 aromatic heterocycles. The summed E-state index contributed by atoms with van der Waals surface area (Å²) >= 11 is 0. The maximum absolute atomic E-state index is 15.0. The summed E-state index contributed by atoms with van der Waals surface area (Å²) in [7, 11) is -11.3. The van der Waals surface area contributed by atoms with Gasteiger partial charge in [0.2, 0.25) is 0 Å². The zero-order chi connectivity index (χ0) is 33.6. The van der Waals surface area contributed by atoms with E-state index in [1.165, 1.54) is 84.9 Å². The molecule has 3 aromatic carbocycles. The standard InChI is InChI=1S/C30H31F9O4S2/c1-2-3-4-5-6-13-22-42-23-18-20-26(21-19-23)44(24-14-9-7-10-15-24,25-16-11-8-12-17-25)43-45(40,41)30(38,39)28(33,34)27(31,32)29(35,36)37/h7-12,14-21H,2-6,13,22H2,1H3. The summed E-state index contributed by atoms with van der Waals surface area (Å²) in [5.41, 5.74) is 0. The van der Waals surface area contributed by atoms with Crippen molar-refractivity contribution in [3.63, 3.8) is 0 Å². The zero-order valence-electron chi connectivity index (χ0n) is 23.9. The van der Waals surface area contributed by atoms with Crippen molar-refractivity contribution in [2.75, 3.05) is 6.61 Å². The molecule has 0 spiro atoms. The van der Waals surface area contributed by atoms with Crippen molar-refractivity contribution >= 4 is 20.4 Å². The second-order valence-corrected chi connectivity index (χ2v) is 14.4. The third-order valence-corrected chi connectivity index (χ3v) is 11.9. The summed E-state index contributed by atoms with van der Waals surface area (Å²) in [5, 5.41) is -7.04. The van der Waals surface area contributed by atoms with Crippen LogP contribution in [-0.4, -0.2) is 38.3 Å². The monoisotopic (exact) mass is 690 g/mol. The van der Waals surface area contributed by atoms with Crippen molar-refractivity contribution in [1.82, 2.24) is 0 Å². The average Bonchev–Trinajstić information content (AvgIpc) is 3.00. The minimum absolute atomic E-state index is 0.165. The Kier molecular flexibility index (Phi) is 11.6. The molecule has 0 fully saturated rings. The van der Waals surface area contributed by atoms with Gasteiger partial charge >= 0.3 is 33.4 Å². The van der Waals surface area contributed by atoms with E-state index in [0.29, 0.717) is 6.61 Å². The number of rotatable bonds is 16. The maximum atomic E-state index is 15.0. The lowest BCUT2D eigenvalue weighted by atomic mass is 10.1. The molecule has 4 nitrogen and oxygen atoms in total. The van der Waals surface area contributed by atoms with Gasteiger partial charge in [0.1, 0.15) is 5.75 Å². The predicted octanol–water partition coefficient (Wildman–Crippen LogP) is 10.4. The van der Waals surface area contributed by atoms with Crippen molar-refractivity contribution in [1.29, 1.82) is 0 Å². The van der Waals surface area contributed by atoms with Gasteiger partial charge in [-0.25, -0.2) is 3.63 Å². The van der Waals surface area contributed by atoms with Crippen LogP contribution in [-0.2, 0) is 13.7 Å². The molecule has 0 heterocycles. The van der Waals surface area contributed by atoms with E-state index in [4.69, 9.17) is 8.37 Å². The number of hydrogen-bond acceptors (Lipinski definition) is 4. The summed E-state index contributed by atoms with van der Waals surface area (Å²) in [6.07, 6.45) is -1.29. The van der Waals surface area contributed by atoms with E-state index in [2.05, 4.69) is 6.92 Å². The van der Waals surface area contributed by atoms with Crippen LogP contribution in [0.2, 0.25) is 0 Å². The van der Waals surface area contributed by atoms with Crippen LogP contribution < -0.4 is 4.74 Å². The number of hydrogen-bond donors (Lipinski definition) is 0. The predicted molar refractivity (Wildman–Crippen MR) is 151 cm³/mol. The topological polar surface area (TPSA) is 52.6 Å². The number of ether oxygens (including phenoxy) is 1. The highest BCUT2D eigenvalue weighted by atomic mass is 32.3. The lowest BCUT2D eigenvalue weighted by Crippen LogP contribution is -2.63. The van der Waals surface area contributed by atoms with Gasteiger partial charge in [-0.15, -0.1) is 0 Å². The fourth-order valence-corrected chi connectivity index (χ4v) is 9.46. The van der Waals surface area contributed by atoms with Gasteiger partial charge in [-0.2, -0.15) is 47.9 Å². The van der Waals surface area contributed by atoms with Crippen molar-refractivity contribution in [2.45, 2.75) is 83.4 Å². The minimum atomic E-state index is -7.45. The molecule has 0 aliphatic rings. The molecular formula is C30H31F9O4S2. The fourth-order valence-electron chi connectivity index (χ4n) is 4.25. The Bertz CT molecular complexity index is 1430. The summed E-state index contributed by atoms with van der Waals surface area (Å²) in [5.74, 6) is -14.6. The summed E-state index contributed by atoms with van der Waals surface area (Å²) in [6.45, 7) is 2.41. The molecular weight excluding hydrogens is 659 g/mol. The molecule has 0 radical (unpaired) electrons. The number of alkyl halides is 9. The highest BCUT2D eigenvalue weighted by Gasteiger charge is 2.86. The molecule has 0 saturated heterocycles.